The molecule has 1 fully saturated rings. The van der Waals surface area contributed by atoms with Crippen molar-refractivity contribution in [3.63, 3.8) is 0 Å². The van der Waals surface area contributed by atoms with Crippen LogP contribution in [-0.4, -0.2) is 38.0 Å². The molecule has 1 aliphatic heterocycles. The van der Waals surface area contributed by atoms with Crippen LogP contribution < -0.4 is 9.47 Å². The molecule has 1 unspecified atom stereocenters. The maximum Gasteiger partial charge on any atom is 0.161 e. The number of ether oxygens (including phenoxy) is 2. The molecule has 1 atom stereocenters. The minimum atomic E-state index is -0.183. The van der Waals surface area contributed by atoms with Gasteiger partial charge in [0.25, 0.3) is 0 Å². The van der Waals surface area contributed by atoms with E-state index in [1.807, 2.05) is 18.2 Å². The van der Waals surface area contributed by atoms with E-state index in [-0.39, 0.29) is 5.82 Å². The van der Waals surface area contributed by atoms with E-state index >= 15 is 0 Å². The van der Waals surface area contributed by atoms with Crippen molar-refractivity contribution in [1.29, 1.82) is 0 Å². The van der Waals surface area contributed by atoms with E-state index in [2.05, 4.69) is 17.0 Å². The summed E-state index contributed by atoms with van der Waals surface area (Å²) >= 11 is 1.77. The summed E-state index contributed by atoms with van der Waals surface area (Å²) in [7, 11) is 3.33. The highest BCUT2D eigenvalue weighted by Crippen LogP contribution is 2.37. The zero-order valence-electron chi connectivity index (χ0n) is 14.7. The van der Waals surface area contributed by atoms with Gasteiger partial charge in [0.15, 0.2) is 11.5 Å². The van der Waals surface area contributed by atoms with Crippen molar-refractivity contribution in [2.24, 2.45) is 0 Å². The van der Waals surface area contributed by atoms with Crippen molar-refractivity contribution in [1.82, 2.24) is 4.90 Å². The summed E-state index contributed by atoms with van der Waals surface area (Å²) in [6, 6.07) is 13.4. The first-order chi connectivity index (χ1) is 12.2. The highest BCUT2D eigenvalue weighted by atomic mass is 32.2. The fraction of sp³-hybridized carbons (Fsp3) is 0.400. The van der Waals surface area contributed by atoms with Crippen LogP contribution in [0.2, 0.25) is 0 Å². The third kappa shape index (κ3) is 4.47. The SMILES string of the molecule is COc1ccc(C2CCCN2CCSc2ccc(F)cc2)cc1OC. The van der Waals surface area contributed by atoms with E-state index in [4.69, 9.17) is 9.47 Å². The summed E-state index contributed by atoms with van der Waals surface area (Å²) in [5.74, 6) is 2.36. The van der Waals surface area contributed by atoms with Crippen molar-refractivity contribution in [3.05, 3.63) is 53.8 Å². The molecule has 0 aromatic heterocycles. The minimum absolute atomic E-state index is 0.183. The Morgan fingerprint density at radius 1 is 1.08 bits per heavy atom. The molecule has 25 heavy (non-hydrogen) atoms. The van der Waals surface area contributed by atoms with Gasteiger partial charge >= 0.3 is 0 Å². The number of rotatable bonds is 7. The van der Waals surface area contributed by atoms with Crippen molar-refractivity contribution in [3.8, 4) is 11.5 Å². The monoisotopic (exact) mass is 361 g/mol. The molecule has 2 aromatic carbocycles. The molecule has 3 rings (SSSR count). The van der Waals surface area contributed by atoms with Crippen LogP contribution in [0.1, 0.15) is 24.4 Å². The Morgan fingerprint density at radius 2 is 1.84 bits per heavy atom. The summed E-state index contributed by atoms with van der Waals surface area (Å²) in [6.07, 6.45) is 2.37. The van der Waals surface area contributed by atoms with Crippen LogP contribution in [-0.2, 0) is 0 Å². The van der Waals surface area contributed by atoms with E-state index in [0.717, 1.165) is 41.7 Å². The van der Waals surface area contributed by atoms with E-state index < -0.39 is 0 Å². The van der Waals surface area contributed by atoms with Gasteiger partial charge in [-0.25, -0.2) is 4.39 Å². The number of thioether (sulfide) groups is 1. The Hall–Kier alpha value is -1.72. The van der Waals surface area contributed by atoms with Crippen molar-refractivity contribution < 1.29 is 13.9 Å². The van der Waals surface area contributed by atoms with E-state index in [9.17, 15) is 4.39 Å². The van der Waals surface area contributed by atoms with Gasteiger partial charge in [-0.2, -0.15) is 0 Å². The number of methoxy groups -OCH3 is 2. The molecule has 1 aliphatic rings. The van der Waals surface area contributed by atoms with Crippen molar-refractivity contribution in [2.75, 3.05) is 33.1 Å². The lowest BCUT2D eigenvalue weighted by atomic mass is 10.0. The maximum atomic E-state index is 13.0. The number of hydrogen-bond donors (Lipinski definition) is 0. The van der Waals surface area contributed by atoms with Crippen LogP contribution >= 0.6 is 11.8 Å². The lowest BCUT2D eigenvalue weighted by Crippen LogP contribution is -2.25. The summed E-state index contributed by atoms with van der Waals surface area (Å²) in [5, 5.41) is 0. The Kier molecular flexibility index (Phi) is 6.21. The summed E-state index contributed by atoms with van der Waals surface area (Å²) in [5.41, 5.74) is 1.28. The number of benzene rings is 2. The van der Waals surface area contributed by atoms with Gasteiger partial charge in [-0.3, -0.25) is 4.90 Å². The van der Waals surface area contributed by atoms with Gasteiger partial charge in [-0.05, 0) is 61.3 Å². The van der Waals surface area contributed by atoms with E-state index in [0.29, 0.717) is 6.04 Å². The van der Waals surface area contributed by atoms with Crippen LogP contribution in [0.3, 0.4) is 0 Å². The van der Waals surface area contributed by atoms with Gasteiger partial charge in [0.1, 0.15) is 5.82 Å². The Bertz CT molecular complexity index is 693. The van der Waals surface area contributed by atoms with E-state index in [1.54, 1.807) is 26.0 Å². The largest absolute Gasteiger partial charge is 0.493 e. The first-order valence-electron chi connectivity index (χ1n) is 8.55. The Labute approximate surface area is 153 Å². The third-order valence-electron chi connectivity index (χ3n) is 4.62. The van der Waals surface area contributed by atoms with Gasteiger partial charge in [0.2, 0.25) is 0 Å². The lowest BCUT2D eigenvalue weighted by molar-refractivity contribution is 0.272. The molecule has 134 valence electrons. The predicted molar refractivity (Wildman–Crippen MR) is 100 cm³/mol. The van der Waals surface area contributed by atoms with Gasteiger partial charge < -0.3 is 9.47 Å². The highest BCUT2D eigenvalue weighted by Gasteiger charge is 2.26. The molecule has 2 aromatic rings. The molecule has 1 heterocycles. The maximum absolute atomic E-state index is 13.0. The Balaban J connectivity index is 1.61. The molecular weight excluding hydrogens is 337 g/mol. The normalized spacial score (nSPS) is 17.6. The van der Waals surface area contributed by atoms with Crippen molar-refractivity contribution in [2.45, 2.75) is 23.8 Å². The molecule has 0 bridgehead atoms. The Morgan fingerprint density at radius 3 is 2.56 bits per heavy atom. The van der Waals surface area contributed by atoms with Gasteiger partial charge in [-0.15, -0.1) is 11.8 Å². The molecule has 0 radical (unpaired) electrons. The second kappa shape index (κ2) is 8.59. The highest BCUT2D eigenvalue weighted by molar-refractivity contribution is 7.99. The van der Waals surface area contributed by atoms with Gasteiger partial charge in [0.05, 0.1) is 14.2 Å². The first kappa shape index (κ1) is 18.1. The zero-order chi connectivity index (χ0) is 17.6. The quantitative estimate of drug-likeness (QED) is 0.662. The average molecular weight is 361 g/mol. The summed E-state index contributed by atoms with van der Waals surface area (Å²) in [4.78, 5) is 3.64. The third-order valence-corrected chi connectivity index (χ3v) is 5.61. The second-order valence-electron chi connectivity index (χ2n) is 6.11. The molecule has 3 nitrogen and oxygen atoms in total. The smallest absolute Gasteiger partial charge is 0.161 e. The number of hydrogen-bond acceptors (Lipinski definition) is 4. The first-order valence-corrected chi connectivity index (χ1v) is 9.54. The molecule has 0 N–H and O–H groups in total. The number of nitrogens with zero attached hydrogens (tertiary/aromatic N) is 1. The van der Waals surface area contributed by atoms with Gasteiger partial charge in [0, 0.05) is 23.2 Å². The fourth-order valence-corrected chi connectivity index (χ4v) is 4.23. The van der Waals surface area contributed by atoms with Crippen LogP contribution in [0.25, 0.3) is 0 Å². The summed E-state index contributed by atoms with van der Waals surface area (Å²) < 4.78 is 23.7. The molecular formula is C20H24FNO2S. The van der Waals surface area contributed by atoms with Crippen LogP contribution in [0.4, 0.5) is 4.39 Å². The molecule has 0 spiro atoms. The van der Waals surface area contributed by atoms with Gasteiger partial charge in [-0.1, -0.05) is 6.07 Å². The second-order valence-corrected chi connectivity index (χ2v) is 7.28. The molecule has 0 saturated carbocycles. The van der Waals surface area contributed by atoms with Crippen LogP contribution in [0.5, 0.6) is 11.5 Å². The predicted octanol–water partition coefficient (Wildman–Crippen LogP) is 4.77. The molecule has 1 saturated heterocycles. The topological polar surface area (TPSA) is 21.7 Å². The molecule has 0 amide bonds. The minimum Gasteiger partial charge on any atom is -0.493 e. The van der Waals surface area contributed by atoms with Crippen molar-refractivity contribution >= 4 is 11.8 Å². The average Bonchev–Trinajstić information content (AvgIpc) is 3.11. The van der Waals surface area contributed by atoms with E-state index in [1.165, 1.54) is 24.1 Å². The number of halogens is 1. The number of likely N-dealkylation sites (tertiary alicyclic amines) is 1. The van der Waals surface area contributed by atoms with Crippen LogP contribution in [0, 0.1) is 5.82 Å². The standard InChI is InChI=1S/C20H24FNO2S/c1-23-19-10-5-15(14-20(19)24-2)18-4-3-11-22(18)12-13-25-17-8-6-16(21)7-9-17/h5-10,14,18H,3-4,11-13H2,1-2H3. The van der Waals surface area contributed by atoms with Crippen LogP contribution in [0.15, 0.2) is 47.4 Å². The molecule has 0 aliphatic carbocycles. The zero-order valence-corrected chi connectivity index (χ0v) is 15.5. The fourth-order valence-electron chi connectivity index (χ4n) is 3.34. The summed E-state index contributed by atoms with van der Waals surface area (Å²) in [6.45, 7) is 2.13. The lowest BCUT2D eigenvalue weighted by Gasteiger charge is -2.25. The molecule has 5 heteroatoms.